The predicted molar refractivity (Wildman–Crippen MR) is 74.1 cm³/mol. The molecule has 1 aromatic heterocycles. The summed E-state index contributed by atoms with van der Waals surface area (Å²) in [5, 5.41) is 11.5. The molecule has 0 aliphatic carbocycles. The van der Waals surface area contributed by atoms with Crippen molar-refractivity contribution in [3.8, 4) is 0 Å². The lowest BCUT2D eigenvalue weighted by atomic mass is 10.1. The lowest BCUT2D eigenvalue weighted by molar-refractivity contribution is 0.0691. The van der Waals surface area contributed by atoms with Crippen LogP contribution in [-0.4, -0.2) is 27.9 Å². The van der Waals surface area contributed by atoms with Crippen molar-refractivity contribution >= 4 is 23.5 Å². The number of amides is 2. The van der Waals surface area contributed by atoms with E-state index in [2.05, 4.69) is 10.3 Å². The van der Waals surface area contributed by atoms with E-state index in [-0.39, 0.29) is 11.3 Å². The second-order valence-corrected chi connectivity index (χ2v) is 4.10. The molecule has 0 saturated carbocycles. The molecule has 4 N–H and O–H groups in total. The zero-order valence-electron chi connectivity index (χ0n) is 10.7. The number of nitrogens with two attached hydrogens (primary N) is 1. The smallest absolute Gasteiger partial charge is 0.338 e. The molecule has 2 amide bonds. The van der Waals surface area contributed by atoms with Crippen LogP contribution >= 0.6 is 0 Å². The number of carboxylic acids is 1. The molecule has 1 aromatic carbocycles. The molecule has 7 heteroatoms. The van der Waals surface area contributed by atoms with Crippen LogP contribution < -0.4 is 11.1 Å². The van der Waals surface area contributed by atoms with Crippen LogP contribution in [0.2, 0.25) is 0 Å². The number of carbonyl (C=O) groups is 3. The van der Waals surface area contributed by atoms with Crippen molar-refractivity contribution in [1.82, 2.24) is 4.98 Å². The van der Waals surface area contributed by atoms with Crippen LogP contribution in [-0.2, 0) is 0 Å². The molecule has 0 atom stereocenters. The van der Waals surface area contributed by atoms with E-state index < -0.39 is 17.8 Å². The number of hydrogen-bond acceptors (Lipinski definition) is 4. The topological polar surface area (TPSA) is 122 Å². The normalized spacial score (nSPS) is 9.90. The number of nitrogens with one attached hydrogen (secondary N) is 1. The Hall–Kier alpha value is -3.22. The third-order valence-corrected chi connectivity index (χ3v) is 2.68. The monoisotopic (exact) mass is 285 g/mol. The van der Waals surface area contributed by atoms with E-state index in [1.807, 2.05) is 0 Å². The van der Waals surface area contributed by atoms with Crippen molar-refractivity contribution in [2.24, 2.45) is 5.73 Å². The molecular weight excluding hydrogens is 274 g/mol. The Morgan fingerprint density at radius 1 is 1.10 bits per heavy atom. The summed E-state index contributed by atoms with van der Waals surface area (Å²) in [5.41, 5.74) is 5.42. The van der Waals surface area contributed by atoms with E-state index in [9.17, 15) is 14.4 Å². The highest BCUT2D eigenvalue weighted by atomic mass is 16.4. The summed E-state index contributed by atoms with van der Waals surface area (Å²) < 4.78 is 0. The van der Waals surface area contributed by atoms with Gasteiger partial charge in [-0.15, -0.1) is 0 Å². The Morgan fingerprint density at radius 3 is 2.33 bits per heavy atom. The second kappa shape index (κ2) is 5.83. The summed E-state index contributed by atoms with van der Waals surface area (Å²) in [4.78, 5) is 37.8. The van der Waals surface area contributed by atoms with Gasteiger partial charge in [-0.25, -0.2) is 4.79 Å². The quantitative estimate of drug-likeness (QED) is 0.777. The number of nitrogens with zero attached hydrogens (tertiary/aromatic N) is 1. The first-order valence-corrected chi connectivity index (χ1v) is 5.88. The maximum atomic E-state index is 12.0. The number of rotatable bonds is 4. The largest absolute Gasteiger partial charge is 0.478 e. The molecular formula is C14H11N3O4. The Labute approximate surface area is 119 Å². The average molecular weight is 285 g/mol. The van der Waals surface area contributed by atoms with Crippen molar-refractivity contribution in [2.45, 2.75) is 0 Å². The van der Waals surface area contributed by atoms with Gasteiger partial charge in [-0.2, -0.15) is 0 Å². The van der Waals surface area contributed by atoms with Crippen molar-refractivity contribution in [1.29, 1.82) is 0 Å². The third-order valence-electron chi connectivity index (χ3n) is 2.68. The Balaban J connectivity index is 2.22. The van der Waals surface area contributed by atoms with E-state index in [4.69, 9.17) is 10.8 Å². The van der Waals surface area contributed by atoms with E-state index in [1.165, 1.54) is 42.6 Å². The van der Waals surface area contributed by atoms with E-state index in [1.54, 1.807) is 0 Å². The summed E-state index contributed by atoms with van der Waals surface area (Å²) in [5.74, 6) is -2.47. The highest BCUT2D eigenvalue weighted by molar-refractivity contribution is 6.09. The summed E-state index contributed by atoms with van der Waals surface area (Å²) in [6.07, 6.45) is 1.33. The minimum atomic E-state index is -1.24. The van der Waals surface area contributed by atoms with Crippen LogP contribution in [0.25, 0.3) is 0 Å². The van der Waals surface area contributed by atoms with Crippen LogP contribution in [0.1, 0.15) is 31.2 Å². The Morgan fingerprint density at radius 2 is 1.76 bits per heavy atom. The van der Waals surface area contributed by atoms with Gasteiger partial charge in [-0.1, -0.05) is 0 Å². The molecule has 0 saturated heterocycles. The van der Waals surface area contributed by atoms with Crippen LogP contribution in [0.5, 0.6) is 0 Å². The fourth-order valence-corrected chi connectivity index (χ4v) is 1.67. The van der Waals surface area contributed by atoms with Gasteiger partial charge < -0.3 is 16.2 Å². The van der Waals surface area contributed by atoms with E-state index >= 15 is 0 Å². The first kappa shape index (κ1) is 14.2. The molecule has 21 heavy (non-hydrogen) atoms. The molecule has 1 heterocycles. The fourth-order valence-electron chi connectivity index (χ4n) is 1.67. The van der Waals surface area contributed by atoms with Crippen molar-refractivity contribution in [2.75, 3.05) is 5.32 Å². The fraction of sp³-hybridized carbons (Fsp3) is 0. The Bertz CT molecular complexity index is 710. The predicted octanol–water partition coefficient (Wildman–Crippen LogP) is 1.13. The maximum absolute atomic E-state index is 12.0. The van der Waals surface area contributed by atoms with E-state index in [0.717, 1.165) is 0 Å². The number of carbonyl (C=O) groups excluding carboxylic acids is 2. The molecule has 2 rings (SSSR count). The second-order valence-electron chi connectivity index (χ2n) is 4.10. The SMILES string of the molecule is NC(=O)c1ccc(NC(=O)c2ncccc2C(=O)O)cc1. The minimum Gasteiger partial charge on any atom is -0.478 e. The van der Waals surface area contributed by atoms with Crippen LogP contribution in [0, 0.1) is 0 Å². The third kappa shape index (κ3) is 3.21. The summed E-state index contributed by atoms with van der Waals surface area (Å²) >= 11 is 0. The van der Waals surface area contributed by atoms with Crippen LogP contribution in [0.4, 0.5) is 5.69 Å². The zero-order valence-corrected chi connectivity index (χ0v) is 10.7. The Kier molecular flexibility index (Phi) is 3.94. The molecule has 2 aromatic rings. The van der Waals surface area contributed by atoms with Gasteiger partial charge in [0.2, 0.25) is 5.91 Å². The molecule has 106 valence electrons. The van der Waals surface area contributed by atoms with Gasteiger partial charge in [0.25, 0.3) is 5.91 Å². The van der Waals surface area contributed by atoms with Crippen molar-refractivity contribution < 1.29 is 19.5 Å². The minimum absolute atomic E-state index is 0.191. The molecule has 0 fully saturated rings. The van der Waals surface area contributed by atoms with Crippen LogP contribution in [0.15, 0.2) is 42.6 Å². The maximum Gasteiger partial charge on any atom is 0.338 e. The number of carboxylic acid groups (broad SMARTS) is 1. The lowest BCUT2D eigenvalue weighted by Crippen LogP contribution is -2.18. The molecule has 0 bridgehead atoms. The molecule has 0 aliphatic rings. The van der Waals surface area contributed by atoms with E-state index in [0.29, 0.717) is 11.3 Å². The average Bonchev–Trinajstić information content (AvgIpc) is 2.47. The number of benzene rings is 1. The number of aromatic carboxylic acids is 1. The summed E-state index contributed by atoms with van der Waals surface area (Å²) in [6.45, 7) is 0. The highest BCUT2D eigenvalue weighted by Crippen LogP contribution is 2.12. The lowest BCUT2D eigenvalue weighted by Gasteiger charge is -2.07. The molecule has 0 radical (unpaired) electrons. The summed E-state index contributed by atoms with van der Waals surface area (Å²) in [6, 6.07) is 8.61. The molecule has 7 nitrogen and oxygen atoms in total. The summed E-state index contributed by atoms with van der Waals surface area (Å²) in [7, 11) is 0. The van der Waals surface area contributed by atoms with Gasteiger partial charge in [0.1, 0.15) is 5.69 Å². The van der Waals surface area contributed by atoms with Gasteiger partial charge in [-0.05, 0) is 36.4 Å². The number of anilines is 1. The molecule has 0 aliphatic heterocycles. The van der Waals surface area contributed by atoms with Gasteiger partial charge in [0, 0.05) is 17.4 Å². The van der Waals surface area contributed by atoms with Gasteiger partial charge in [0.05, 0.1) is 5.56 Å². The van der Waals surface area contributed by atoms with Crippen LogP contribution in [0.3, 0.4) is 0 Å². The number of hydrogen-bond donors (Lipinski definition) is 3. The molecule has 0 unspecified atom stereocenters. The number of primary amides is 1. The van der Waals surface area contributed by atoms with Crippen molar-refractivity contribution in [3.05, 3.63) is 59.4 Å². The van der Waals surface area contributed by atoms with Gasteiger partial charge in [-0.3, -0.25) is 14.6 Å². The highest BCUT2D eigenvalue weighted by Gasteiger charge is 2.17. The zero-order chi connectivity index (χ0) is 15.4. The first-order chi connectivity index (χ1) is 9.99. The van der Waals surface area contributed by atoms with Crippen molar-refractivity contribution in [3.63, 3.8) is 0 Å². The van der Waals surface area contributed by atoms with Gasteiger partial charge >= 0.3 is 5.97 Å². The number of pyridine rings is 1. The van der Waals surface area contributed by atoms with Gasteiger partial charge in [0.15, 0.2) is 0 Å². The standard InChI is InChI=1S/C14H11N3O4/c15-12(18)8-3-5-9(6-4-8)17-13(19)11-10(14(20)21)2-1-7-16-11/h1-7H,(H2,15,18)(H,17,19)(H,20,21). The number of aromatic nitrogens is 1. The first-order valence-electron chi connectivity index (χ1n) is 5.88. The molecule has 0 spiro atoms.